The van der Waals surface area contributed by atoms with Crippen molar-refractivity contribution in [2.75, 3.05) is 20.6 Å². The predicted octanol–water partition coefficient (Wildman–Crippen LogP) is 6.23. The summed E-state index contributed by atoms with van der Waals surface area (Å²) in [6, 6.07) is 6.39. The molecule has 3 unspecified atom stereocenters. The molecule has 2 rings (SSSR count). The largest absolute Gasteiger partial charge is 0.508 e. The number of hydrogen-bond donors (Lipinski definition) is 2. The quantitative estimate of drug-likeness (QED) is 0.431. The minimum absolute atomic E-state index is 0.0843. The lowest BCUT2D eigenvalue weighted by Crippen LogP contribution is -2.27. The lowest BCUT2D eigenvalue weighted by molar-refractivity contribution is 0.0891. The van der Waals surface area contributed by atoms with Gasteiger partial charge in [-0.3, -0.25) is 0 Å². The standard InChI is InChI=1S/C26H45NO2/c1-6-7-8-9-16-26(2,3)21-13-15-23(25(29)18-21)24-19-22(28)14-12-20(24)11-10-17-27(4)5/h13,15,18,20,22,24,28-29H,6-12,14,16-17,19H2,1-5H3. The molecule has 1 aliphatic carbocycles. The summed E-state index contributed by atoms with van der Waals surface area (Å²) < 4.78 is 0. The van der Waals surface area contributed by atoms with Crippen molar-refractivity contribution in [2.45, 2.75) is 102 Å². The van der Waals surface area contributed by atoms with Crippen molar-refractivity contribution in [2.24, 2.45) is 5.92 Å². The van der Waals surface area contributed by atoms with Gasteiger partial charge in [0.25, 0.3) is 0 Å². The Morgan fingerprint density at radius 3 is 2.48 bits per heavy atom. The Hall–Kier alpha value is -1.06. The Balaban J connectivity index is 2.11. The average Bonchev–Trinajstić information content (AvgIpc) is 2.66. The van der Waals surface area contributed by atoms with E-state index in [1.54, 1.807) is 0 Å². The number of aliphatic hydroxyl groups excluding tert-OH is 1. The first kappa shape index (κ1) is 24.2. The van der Waals surface area contributed by atoms with Crippen LogP contribution < -0.4 is 0 Å². The molecular formula is C26H45NO2. The van der Waals surface area contributed by atoms with Crippen LogP contribution in [-0.2, 0) is 5.41 Å². The lowest BCUT2D eigenvalue weighted by atomic mass is 9.71. The van der Waals surface area contributed by atoms with Crippen LogP contribution in [0.5, 0.6) is 5.75 Å². The number of nitrogens with zero attached hydrogens (tertiary/aromatic N) is 1. The number of aliphatic hydroxyl groups is 1. The Morgan fingerprint density at radius 1 is 1.07 bits per heavy atom. The molecule has 0 radical (unpaired) electrons. The van der Waals surface area contributed by atoms with Crippen LogP contribution >= 0.6 is 0 Å². The highest BCUT2D eigenvalue weighted by Gasteiger charge is 2.32. The third-order valence-corrected chi connectivity index (χ3v) is 7.01. The van der Waals surface area contributed by atoms with Crippen molar-refractivity contribution in [3.05, 3.63) is 29.3 Å². The molecule has 0 bridgehead atoms. The molecule has 1 saturated carbocycles. The molecule has 1 aliphatic rings. The van der Waals surface area contributed by atoms with Crippen molar-refractivity contribution in [3.63, 3.8) is 0 Å². The fraction of sp³-hybridized carbons (Fsp3) is 0.769. The summed E-state index contributed by atoms with van der Waals surface area (Å²) in [5, 5.41) is 21.2. The van der Waals surface area contributed by atoms with Gasteiger partial charge in [0.15, 0.2) is 0 Å². The molecule has 3 heteroatoms. The molecule has 0 aromatic heterocycles. The summed E-state index contributed by atoms with van der Waals surface area (Å²) >= 11 is 0. The molecular weight excluding hydrogens is 358 g/mol. The third kappa shape index (κ3) is 7.29. The molecule has 0 amide bonds. The molecule has 3 atom stereocenters. The summed E-state index contributed by atoms with van der Waals surface area (Å²) in [4.78, 5) is 2.24. The van der Waals surface area contributed by atoms with Gasteiger partial charge in [0.05, 0.1) is 6.10 Å². The first-order valence-corrected chi connectivity index (χ1v) is 11.9. The van der Waals surface area contributed by atoms with Crippen LogP contribution in [0.15, 0.2) is 18.2 Å². The summed E-state index contributed by atoms with van der Waals surface area (Å²) in [7, 11) is 4.24. The molecule has 1 aromatic rings. The van der Waals surface area contributed by atoms with E-state index in [4.69, 9.17) is 0 Å². The molecule has 2 N–H and O–H groups in total. The van der Waals surface area contributed by atoms with E-state index in [2.05, 4.69) is 51.9 Å². The molecule has 0 spiro atoms. The number of phenolic OH excluding ortho intramolecular Hbond substituents is 1. The maximum absolute atomic E-state index is 10.9. The van der Waals surface area contributed by atoms with E-state index in [9.17, 15) is 10.2 Å². The maximum atomic E-state index is 10.9. The SMILES string of the molecule is CCCCCCC(C)(C)c1ccc(C2CC(O)CCC2CCCN(C)C)c(O)c1. The van der Waals surface area contributed by atoms with Crippen LogP contribution in [0.2, 0.25) is 0 Å². The Kier molecular flexibility index (Phi) is 9.49. The van der Waals surface area contributed by atoms with Crippen LogP contribution in [0.4, 0.5) is 0 Å². The summed E-state index contributed by atoms with van der Waals surface area (Å²) in [6.07, 6.45) is 11.1. The zero-order chi connectivity index (χ0) is 21.4. The van der Waals surface area contributed by atoms with Crippen molar-refractivity contribution >= 4 is 0 Å². The van der Waals surface area contributed by atoms with Gasteiger partial charge in [0.2, 0.25) is 0 Å². The smallest absolute Gasteiger partial charge is 0.119 e. The highest BCUT2D eigenvalue weighted by Crippen LogP contribution is 2.44. The van der Waals surface area contributed by atoms with Crippen LogP contribution in [0.1, 0.15) is 102 Å². The van der Waals surface area contributed by atoms with Crippen LogP contribution in [0.3, 0.4) is 0 Å². The number of benzene rings is 1. The molecule has 29 heavy (non-hydrogen) atoms. The molecule has 1 fully saturated rings. The van der Waals surface area contributed by atoms with Crippen molar-refractivity contribution in [1.82, 2.24) is 4.90 Å². The topological polar surface area (TPSA) is 43.7 Å². The van der Waals surface area contributed by atoms with E-state index in [1.165, 1.54) is 44.1 Å². The van der Waals surface area contributed by atoms with Gasteiger partial charge in [0, 0.05) is 0 Å². The van der Waals surface area contributed by atoms with E-state index >= 15 is 0 Å². The predicted molar refractivity (Wildman–Crippen MR) is 124 cm³/mol. The van der Waals surface area contributed by atoms with Crippen molar-refractivity contribution in [1.29, 1.82) is 0 Å². The Morgan fingerprint density at radius 2 is 1.83 bits per heavy atom. The van der Waals surface area contributed by atoms with E-state index in [1.807, 2.05) is 6.07 Å². The summed E-state index contributed by atoms with van der Waals surface area (Å²) in [5.74, 6) is 1.25. The van der Waals surface area contributed by atoms with Crippen LogP contribution in [0, 0.1) is 5.92 Å². The lowest BCUT2D eigenvalue weighted by Gasteiger charge is -2.36. The second-order valence-electron chi connectivity index (χ2n) is 10.2. The summed E-state index contributed by atoms with van der Waals surface area (Å²) in [5.41, 5.74) is 2.36. The van der Waals surface area contributed by atoms with Gasteiger partial charge in [0.1, 0.15) is 5.75 Å². The molecule has 0 aliphatic heterocycles. The average molecular weight is 404 g/mol. The first-order valence-electron chi connectivity index (χ1n) is 11.9. The second-order valence-corrected chi connectivity index (χ2v) is 10.2. The van der Waals surface area contributed by atoms with E-state index in [-0.39, 0.29) is 17.4 Å². The van der Waals surface area contributed by atoms with E-state index in [0.29, 0.717) is 11.7 Å². The summed E-state index contributed by atoms with van der Waals surface area (Å²) in [6.45, 7) is 7.93. The van der Waals surface area contributed by atoms with Gasteiger partial charge in [-0.15, -0.1) is 0 Å². The monoisotopic (exact) mass is 403 g/mol. The zero-order valence-corrected chi connectivity index (χ0v) is 19.6. The molecule has 166 valence electrons. The van der Waals surface area contributed by atoms with Gasteiger partial charge < -0.3 is 15.1 Å². The highest BCUT2D eigenvalue weighted by atomic mass is 16.3. The van der Waals surface area contributed by atoms with Gasteiger partial charge in [-0.05, 0) is 93.6 Å². The zero-order valence-electron chi connectivity index (χ0n) is 19.6. The van der Waals surface area contributed by atoms with E-state index < -0.39 is 0 Å². The van der Waals surface area contributed by atoms with Crippen LogP contribution in [0.25, 0.3) is 0 Å². The minimum atomic E-state index is -0.237. The number of unbranched alkanes of at least 4 members (excludes halogenated alkanes) is 3. The minimum Gasteiger partial charge on any atom is -0.508 e. The van der Waals surface area contributed by atoms with Gasteiger partial charge in [-0.25, -0.2) is 0 Å². The number of hydrogen-bond acceptors (Lipinski definition) is 3. The van der Waals surface area contributed by atoms with Gasteiger partial charge in [-0.2, -0.15) is 0 Å². The van der Waals surface area contributed by atoms with E-state index in [0.717, 1.165) is 37.8 Å². The Labute approximate surface area is 179 Å². The number of aromatic hydroxyl groups is 1. The second kappa shape index (κ2) is 11.4. The molecule has 0 saturated heterocycles. The van der Waals surface area contributed by atoms with Crippen molar-refractivity contribution < 1.29 is 10.2 Å². The Bertz CT molecular complexity index is 611. The highest BCUT2D eigenvalue weighted by molar-refractivity contribution is 5.42. The van der Waals surface area contributed by atoms with Crippen molar-refractivity contribution in [3.8, 4) is 5.75 Å². The maximum Gasteiger partial charge on any atom is 0.119 e. The van der Waals surface area contributed by atoms with Crippen LogP contribution in [-0.4, -0.2) is 41.9 Å². The first-order chi connectivity index (χ1) is 13.7. The normalized spacial score (nSPS) is 22.9. The fourth-order valence-electron chi connectivity index (χ4n) is 5.02. The fourth-order valence-corrected chi connectivity index (χ4v) is 5.02. The molecule has 1 aromatic carbocycles. The number of phenols is 1. The van der Waals surface area contributed by atoms with Gasteiger partial charge >= 0.3 is 0 Å². The number of rotatable bonds is 11. The third-order valence-electron chi connectivity index (χ3n) is 7.01. The molecule has 0 heterocycles. The molecule has 3 nitrogen and oxygen atoms in total. The van der Waals surface area contributed by atoms with Gasteiger partial charge in [-0.1, -0.05) is 58.6 Å².